The van der Waals surface area contributed by atoms with Crippen molar-refractivity contribution in [3.8, 4) is 0 Å². The largest absolute Gasteiger partial charge is 0.416 e. The fraction of sp³-hybridized carbons (Fsp3) is 0.333. The summed E-state index contributed by atoms with van der Waals surface area (Å²) in [7, 11) is 0. The molecule has 0 fully saturated rings. The number of rotatable bonds is 3. The molecule has 0 spiro atoms. The maximum atomic E-state index is 15.4. The zero-order valence-electron chi connectivity index (χ0n) is 13.9. The van der Waals surface area contributed by atoms with Gasteiger partial charge in [0.25, 0.3) is 5.91 Å². The SMILES string of the molecule is O=C(NCc1ccc(Cl)cc1C(F)(F)F)C1(F)CCC(O)c2ncccc21. The van der Waals surface area contributed by atoms with Crippen LogP contribution in [-0.4, -0.2) is 16.0 Å². The van der Waals surface area contributed by atoms with Crippen molar-refractivity contribution in [3.63, 3.8) is 0 Å². The van der Waals surface area contributed by atoms with Gasteiger partial charge in [-0.05, 0) is 36.6 Å². The normalized spacial score (nSPS) is 22.2. The van der Waals surface area contributed by atoms with E-state index in [0.717, 1.165) is 12.1 Å². The standard InChI is InChI=1S/C18H15ClF4N2O2/c19-11-4-3-10(13(8-11)18(21,22)23)9-25-16(27)17(20)6-5-14(26)15-12(17)2-1-7-24-15/h1-4,7-8,14,26H,5-6,9H2,(H,25,27). The minimum Gasteiger partial charge on any atom is -0.387 e. The summed E-state index contributed by atoms with van der Waals surface area (Å²) in [6.07, 6.45) is -4.61. The molecule has 2 aromatic rings. The highest BCUT2D eigenvalue weighted by molar-refractivity contribution is 6.30. The highest BCUT2D eigenvalue weighted by Crippen LogP contribution is 2.42. The van der Waals surface area contributed by atoms with Crippen molar-refractivity contribution >= 4 is 17.5 Å². The average Bonchev–Trinajstić information content (AvgIpc) is 2.63. The Kier molecular flexibility index (Phi) is 5.14. The maximum absolute atomic E-state index is 15.4. The predicted molar refractivity (Wildman–Crippen MR) is 89.5 cm³/mol. The van der Waals surface area contributed by atoms with Gasteiger partial charge in [-0.1, -0.05) is 23.7 Å². The van der Waals surface area contributed by atoms with Gasteiger partial charge in [0.2, 0.25) is 5.67 Å². The Labute approximate surface area is 157 Å². The second-order valence-corrected chi connectivity index (χ2v) is 6.71. The third-order valence-electron chi connectivity index (χ3n) is 4.52. The van der Waals surface area contributed by atoms with Crippen molar-refractivity contribution in [2.75, 3.05) is 0 Å². The summed E-state index contributed by atoms with van der Waals surface area (Å²) in [5.74, 6) is -1.08. The van der Waals surface area contributed by atoms with Crippen LogP contribution in [0.15, 0.2) is 36.5 Å². The topological polar surface area (TPSA) is 62.2 Å². The van der Waals surface area contributed by atoms with Crippen molar-refractivity contribution in [2.45, 2.75) is 37.3 Å². The number of hydrogen-bond donors (Lipinski definition) is 2. The molecule has 4 nitrogen and oxygen atoms in total. The van der Waals surface area contributed by atoms with Crippen LogP contribution in [-0.2, 0) is 23.2 Å². The third kappa shape index (κ3) is 3.77. The van der Waals surface area contributed by atoms with Gasteiger partial charge in [-0.25, -0.2) is 4.39 Å². The van der Waals surface area contributed by atoms with Gasteiger partial charge in [-0.3, -0.25) is 9.78 Å². The molecule has 1 aromatic heterocycles. The fourth-order valence-electron chi connectivity index (χ4n) is 3.14. The Morgan fingerprint density at radius 2 is 2.11 bits per heavy atom. The number of alkyl halides is 4. The van der Waals surface area contributed by atoms with Crippen molar-refractivity contribution in [3.05, 3.63) is 63.9 Å². The Hall–Kier alpha value is -2.19. The van der Waals surface area contributed by atoms with E-state index in [9.17, 15) is 23.1 Å². The molecule has 0 saturated heterocycles. The number of carbonyl (C=O) groups is 1. The van der Waals surface area contributed by atoms with Crippen LogP contribution in [0.2, 0.25) is 5.02 Å². The van der Waals surface area contributed by atoms with E-state index in [4.69, 9.17) is 11.6 Å². The van der Waals surface area contributed by atoms with E-state index in [0.29, 0.717) is 0 Å². The molecule has 0 radical (unpaired) electrons. The fourth-order valence-corrected chi connectivity index (χ4v) is 3.32. The van der Waals surface area contributed by atoms with Crippen molar-refractivity contribution in [2.24, 2.45) is 0 Å². The molecular formula is C18H15ClF4N2O2. The molecule has 1 aliphatic rings. The number of halogens is 5. The number of fused-ring (bicyclic) bond motifs is 1. The summed E-state index contributed by atoms with van der Waals surface area (Å²) in [5, 5.41) is 12.1. The lowest BCUT2D eigenvalue weighted by atomic mass is 9.81. The molecule has 0 bridgehead atoms. The van der Waals surface area contributed by atoms with E-state index in [1.807, 2.05) is 0 Å². The highest BCUT2D eigenvalue weighted by atomic mass is 35.5. The number of hydrogen-bond acceptors (Lipinski definition) is 3. The first-order valence-electron chi connectivity index (χ1n) is 8.09. The molecular weight excluding hydrogens is 388 g/mol. The van der Waals surface area contributed by atoms with E-state index < -0.39 is 36.0 Å². The van der Waals surface area contributed by atoms with Gasteiger partial charge in [-0.2, -0.15) is 13.2 Å². The molecule has 27 heavy (non-hydrogen) atoms. The molecule has 1 aromatic carbocycles. The van der Waals surface area contributed by atoms with Crippen LogP contribution in [0, 0.1) is 0 Å². The molecule has 3 rings (SSSR count). The van der Waals surface area contributed by atoms with Crippen molar-refractivity contribution in [1.82, 2.24) is 10.3 Å². The summed E-state index contributed by atoms with van der Waals surface area (Å²) in [4.78, 5) is 16.4. The number of aliphatic hydroxyl groups is 1. The molecule has 1 aliphatic carbocycles. The van der Waals surface area contributed by atoms with Crippen LogP contribution < -0.4 is 5.32 Å². The predicted octanol–water partition coefficient (Wildman–Crippen LogP) is 4.06. The summed E-state index contributed by atoms with van der Waals surface area (Å²) in [6.45, 7) is -0.519. The van der Waals surface area contributed by atoms with Crippen LogP contribution in [0.5, 0.6) is 0 Å². The lowest BCUT2D eigenvalue weighted by Gasteiger charge is -2.32. The number of carbonyl (C=O) groups excluding carboxylic acids is 1. The van der Waals surface area contributed by atoms with Gasteiger partial charge >= 0.3 is 6.18 Å². The number of aromatic nitrogens is 1. The maximum Gasteiger partial charge on any atom is 0.416 e. The first kappa shape index (κ1) is 19.6. The van der Waals surface area contributed by atoms with Gasteiger partial charge in [0.1, 0.15) is 0 Å². The second kappa shape index (κ2) is 7.09. The second-order valence-electron chi connectivity index (χ2n) is 6.27. The summed E-state index contributed by atoms with van der Waals surface area (Å²) < 4.78 is 54.9. The van der Waals surface area contributed by atoms with Gasteiger partial charge < -0.3 is 10.4 Å². The van der Waals surface area contributed by atoms with Gasteiger partial charge in [0.05, 0.1) is 17.4 Å². The number of amides is 1. The highest BCUT2D eigenvalue weighted by Gasteiger charge is 2.46. The zero-order valence-corrected chi connectivity index (χ0v) is 14.6. The molecule has 144 valence electrons. The molecule has 1 heterocycles. The van der Waals surface area contributed by atoms with E-state index in [1.165, 1.54) is 24.4 Å². The Morgan fingerprint density at radius 1 is 1.37 bits per heavy atom. The smallest absolute Gasteiger partial charge is 0.387 e. The summed E-state index contributed by atoms with van der Waals surface area (Å²) >= 11 is 5.62. The minimum absolute atomic E-state index is 0.0251. The van der Waals surface area contributed by atoms with E-state index in [-0.39, 0.29) is 34.7 Å². The van der Waals surface area contributed by atoms with Crippen LogP contribution in [0.4, 0.5) is 17.6 Å². The summed E-state index contributed by atoms with van der Waals surface area (Å²) in [5.41, 5.74) is -3.72. The van der Waals surface area contributed by atoms with Crippen LogP contribution >= 0.6 is 11.6 Å². The van der Waals surface area contributed by atoms with Gasteiger partial charge in [0.15, 0.2) is 0 Å². The van der Waals surface area contributed by atoms with E-state index >= 15 is 4.39 Å². The lowest BCUT2D eigenvalue weighted by molar-refractivity contribution is -0.139. The average molecular weight is 403 g/mol. The van der Waals surface area contributed by atoms with Crippen molar-refractivity contribution in [1.29, 1.82) is 0 Å². The third-order valence-corrected chi connectivity index (χ3v) is 4.76. The number of nitrogens with zero attached hydrogens (tertiary/aromatic N) is 1. The number of aliphatic hydroxyl groups excluding tert-OH is 1. The Balaban J connectivity index is 1.85. The number of nitrogens with one attached hydrogen (secondary N) is 1. The lowest BCUT2D eigenvalue weighted by Crippen LogP contribution is -2.44. The quantitative estimate of drug-likeness (QED) is 0.761. The monoisotopic (exact) mass is 402 g/mol. The molecule has 2 N–H and O–H groups in total. The molecule has 2 unspecified atom stereocenters. The zero-order chi connectivity index (χ0) is 19.8. The van der Waals surface area contributed by atoms with Crippen LogP contribution in [0.1, 0.15) is 41.3 Å². The molecule has 0 aliphatic heterocycles. The Bertz CT molecular complexity index is 875. The molecule has 9 heteroatoms. The van der Waals surface area contributed by atoms with Crippen molar-refractivity contribution < 1.29 is 27.5 Å². The molecule has 0 saturated carbocycles. The Morgan fingerprint density at radius 3 is 2.81 bits per heavy atom. The van der Waals surface area contributed by atoms with Gasteiger partial charge in [0, 0.05) is 23.3 Å². The van der Waals surface area contributed by atoms with E-state index in [1.54, 1.807) is 0 Å². The molecule has 2 atom stereocenters. The minimum atomic E-state index is -4.66. The van der Waals surface area contributed by atoms with E-state index in [2.05, 4.69) is 10.3 Å². The summed E-state index contributed by atoms with van der Waals surface area (Å²) in [6, 6.07) is 5.92. The van der Waals surface area contributed by atoms with Crippen LogP contribution in [0.3, 0.4) is 0 Å². The number of pyridine rings is 1. The number of benzene rings is 1. The van der Waals surface area contributed by atoms with Gasteiger partial charge in [-0.15, -0.1) is 0 Å². The first-order chi connectivity index (χ1) is 12.6. The first-order valence-corrected chi connectivity index (χ1v) is 8.47. The van der Waals surface area contributed by atoms with Crippen LogP contribution in [0.25, 0.3) is 0 Å². The molecule has 1 amide bonds.